The van der Waals surface area contributed by atoms with Gasteiger partial charge in [0.2, 0.25) is 9.47 Å². The van der Waals surface area contributed by atoms with E-state index in [1.165, 1.54) is 5.56 Å². The number of hydrogen-bond donors (Lipinski definition) is 0. The van der Waals surface area contributed by atoms with Crippen LogP contribution in [0.4, 0.5) is 0 Å². The number of nitrogens with zero attached hydrogens (tertiary/aromatic N) is 3. The minimum atomic E-state index is 0.551. The molecule has 0 aliphatic heterocycles. The van der Waals surface area contributed by atoms with Crippen molar-refractivity contribution in [3.8, 4) is 0 Å². The summed E-state index contributed by atoms with van der Waals surface area (Å²) >= 11 is 6.47. The SMILES string of the molecule is Brc1nc(Br)nc(Cc2ccccc2)n1. The molecule has 0 saturated carbocycles. The van der Waals surface area contributed by atoms with Crippen LogP contribution in [-0.4, -0.2) is 15.0 Å². The quantitative estimate of drug-likeness (QED) is 0.850. The molecule has 0 spiro atoms. The third kappa shape index (κ3) is 3.07. The molecule has 15 heavy (non-hydrogen) atoms. The zero-order valence-corrected chi connectivity index (χ0v) is 10.9. The molecule has 2 aromatic rings. The Hall–Kier alpha value is -0.810. The number of halogens is 2. The molecule has 0 fully saturated rings. The van der Waals surface area contributed by atoms with E-state index in [1.807, 2.05) is 30.3 Å². The molecule has 0 bridgehead atoms. The molecule has 0 saturated heterocycles. The van der Waals surface area contributed by atoms with Crippen molar-refractivity contribution in [2.45, 2.75) is 6.42 Å². The second-order valence-electron chi connectivity index (χ2n) is 2.95. The highest BCUT2D eigenvalue weighted by Crippen LogP contribution is 2.11. The molecule has 0 aliphatic carbocycles. The van der Waals surface area contributed by atoms with Crippen molar-refractivity contribution < 1.29 is 0 Å². The number of benzene rings is 1. The molecule has 0 aliphatic rings. The van der Waals surface area contributed by atoms with Gasteiger partial charge in [-0.05, 0) is 37.4 Å². The van der Waals surface area contributed by atoms with Gasteiger partial charge in [-0.25, -0.2) is 9.97 Å². The lowest BCUT2D eigenvalue weighted by atomic mass is 10.1. The standard InChI is InChI=1S/C10H7Br2N3/c11-9-13-8(14-10(12)15-9)6-7-4-2-1-3-5-7/h1-5H,6H2. The van der Waals surface area contributed by atoms with Crippen LogP contribution < -0.4 is 0 Å². The lowest BCUT2D eigenvalue weighted by Gasteiger charge is -2.00. The minimum Gasteiger partial charge on any atom is -0.206 e. The molecule has 5 heteroatoms. The van der Waals surface area contributed by atoms with Gasteiger partial charge in [0.05, 0.1) is 0 Å². The zero-order valence-electron chi connectivity index (χ0n) is 7.69. The first-order valence-electron chi connectivity index (χ1n) is 4.34. The molecule has 76 valence electrons. The van der Waals surface area contributed by atoms with E-state index in [9.17, 15) is 0 Å². The Labute approximate surface area is 104 Å². The van der Waals surface area contributed by atoms with Gasteiger partial charge in [0, 0.05) is 6.42 Å². The van der Waals surface area contributed by atoms with Gasteiger partial charge in [-0.3, -0.25) is 0 Å². The fourth-order valence-corrected chi connectivity index (χ4v) is 2.20. The first kappa shape index (κ1) is 10.7. The third-order valence-corrected chi connectivity index (χ3v) is 2.54. The number of rotatable bonds is 2. The average molecular weight is 329 g/mol. The highest BCUT2D eigenvalue weighted by molar-refractivity contribution is 9.11. The summed E-state index contributed by atoms with van der Waals surface area (Å²) in [5.74, 6) is 0.745. The summed E-state index contributed by atoms with van der Waals surface area (Å²) in [5.41, 5.74) is 1.18. The fourth-order valence-electron chi connectivity index (χ4n) is 1.22. The van der Waals surface area contributed by atoms with Crippen molar-refractivity contribution in [1.82, 2.24) is 15.0 Å². The van der Waals surface area contributed by atoms with E-state index in [0.29, 0.717) is 15.9 Å². The van der Waals surface area contributed by atoms with E-state index in [4.69, 9.17) is 0 Å². The lowest BCUT2D eigenvalue weighted by Crippen LogP contribution is -1.99. The molecule has 0 unspecified atom stereocenters. The molecule has 1 aromatic heterocycles. The van der Waals surface area contributed by atoms with Gasteiger partial charge >= 0.3 is 0 Å². The van der Waals surface area contributed by atoms with Crippen molar-refractivity contribution in [2.75, 3.05) is 0 Å². The van der Waals surface area contributed by atoms with Gasteiger partial charge in [0.25, 0.3) is 0 Å². The first-order chi connectivity index (χ1) is 7.24. The minimum absolute atomic E-state index is 0.551. The molecular formula is C10H7Br2N3. The van der Waals surface area contributed by atoms with Gasteiger partial charge in [0.15, 0.2) is 0 Å². The second kappa shape index (κ2) is 4.81. The van der Waals surface area contributed by atoms with E-state index in [0.717, 1.165) is 5.82 Å². The third-order valence-electron chi connectivity index (χ3n) is 1.83. The highest BCUT2D eigenvalue weighted by Gasteiger charge is 2.03. The smallest absolute Gasteiger partial charge is 0.200 e. The first-order valence-corrected chi connectivity index (χ1v) is 5.92. The molecule has 0 radical (unpaired) electrons. The van der Waals surface area contributed by atoms with Gasteiger partial charge in [0.1, 0.15) is 5.82 Å². The van der Waals surface area contributed by atoms with Crippen LogP contribution in [0.25, 0.3) is 0 Å². The summed E-state index contributed by atoms with van der Waals surface area (Å²) in [7, 11) is 0. The number of hydrogen-bond acceptors (Lipinski definition) is 3. The maximum Gasteiger partial charge on any atom is 0.200 e. The molecule has 1 heterocycles. The Morgan fingerprint density at radius 2 is 1.47 bits per heavy atom. The van der Waals surface area contributed by atoms with Crippen molar-refractivity contribution in [1.29, 1.82) is 0 Å². The molecule has 0 N–H and O–H groups in total. The fraction of sp³-hybridized carbons (Fsp3) is 0.100. The normalized spacial score (nSPS) is 10.3. The van der Waals surface area contributed by atoms with Crippen LogP contribution in [0.2, 0.25) is 0 Å². The Kier molecular flexibility index (Phi) is 3.43. The van der Waals surface area contributed by atoms with Crippen LogP contribution in [0.15, 0.2) is 39.8 Å². The Morgan fingerprint density at radius 3 is 2.07 bits per heavy atom. The van der Waals surface area contributed by atoms with Crippen LogP contribution in [-0.2, 0) is 6.42 Å². The van der Waals surface area contributed by atoms with Crippen LogP contribution in [0.3, 0.4) is 0 Å². The predicted molar refractivity (Wildman–Crippen MR) is 64.5 cm³/mol. The van der Waals surface area contributed by atoms with E-state index >= 15 is 0 Å². The Morgan fingerprint density at radius 1 is 0.867 bits per heavy atom. The summed E-state index contributed by atoms with van der Waals surface area (Å²) in [4.78, 5) is 12.4. The summed E-state index contributed by atoms with van der Waals surface area (Å²) < 4.78 is 1.10. The van der Waals surface area contributed by atoms with Gasteiger partial charge < -0.3 is 0 Å². The van der Waals surface area contributed by atoms with Gasteiger partial charge in [-0.1, -0.05) is 30.3 Å². The molecule has 2 rings (SSSR count). The summed E-state index contributed by atoms with van der Waals surface area (Å²) in [5, 5.41) is 0. The second-order valence-corrected chi connectivity index (χ2v) is 4.37. The molecular weight excluding hydrogens is 322 g/mol. The highest BCUT2D eigenvalue weighted by atomic mass is 79.9. The van der Waals surface area contributed by atoms with Crippen molar-refractivity contribution in [2.24, 2.45) is 0 Å². The van der Waals surface area contributed by atoms with Crippen LogP contribution in [0.5, 0.6) is 0 Å². The van der Waals surface area contributed by atoms with E-state index in [-0.39, 0.29) is 0 Å². The lowest BCUT2D eigenvalue weighted by molar-refractivity contribution is 0.874. The van der Waals surface area contributed by atoms with Crippen molar-refractivity contribution in [3.63, 3.8) is 0 Å². The molecule has 0 amide bonds. The maximum atomic E-state index is 4.19. The largest absolute Gasteiger partial charge is 0.206 e. The van der Waals surface area contributed by atoms with Crippen LogP contribution in [0.1, 0.15) is 11.4 Å². The summed E-state index contributed by atoms with van der Waals surface area (Å²) in [6.07, 6.45) is 0.709. The summed E-state index contributed by atoms with van der Waals surface area (Å²) in [6.45, 7) is 0. The van der Waals surface area contributed by atoms with Crippen molar-refractivity contribution in [3.05, 3.63) is 51.2 Å². The number of aromatic nitrogens is 3. The van der Waals surface area contributed by atoms with E-state index in [2.05, 4.69) is 46.8 Å². The Balaban J connectivity index is 2.25. The van der Waals surface area contributed by atoms with E-state index < -0.39 is 0 Å². The zero-order chi connectivity index (χ0) is 10.7. The monoisotopic (exact) mass is 327 g/mol. The van der Waals surface area contributed by atoms with Gasteiger partial charge in [-0.15, -0.1) is 0 Å². The molecule has 3 nitrogen and oxygen atoms in total. The van der Waals surface area contributed by atoms with E-state index in [1.54, 1.807) is 0 Å². The average Bonchev–Trinajstić information content (AvgIpc) is 2.17. The van der Waals surface area contributed by atoms with Crippen LogP contribution in [0, 0.1) is 0 Å². The topological polar surface area (TPSA) is 38.7 Å². The van der Waals surface area contributed by atoms with Crippen LogP contribution >= 0.6 is 31.9 Å². The van der Waals surface area contributed by atoms with Crippen molar-refractivity contribution >= 4 is 31.9 Å². The van der Waals surface area contributed by atoms with Gasteiger partial charge in [-0.2, -0.15) is 4.98 Å². The summed E-state index contributed by atoms with van der Waals surface area (Å²) in [6, 6.07) is 10.1. The Bertz CT molecular complexity index is 439. The molecule has 0 atom stereocenters. The maximum absolute atomic E-state index is 4.19. The molecule has 1 aromatic carbocycles. The predicted octanol–water partition coefficient (Wildman–Crippen LogP) is 2.99.